The van der Waals surface area contributed by atoms with Crippen LogP contribution in [0.3, 0.4) is 0 Å². The van der Waals surface area contributed by atoms with E-state index in [4.69, 9.17) is 4.42 Å². The van der Waals surface area contributed by atoms with Crippen molar-refractivity contribution in [3.05, 3.63) is 64.6 Å². The van der Waals surface area contributed by atoms with Crippen LogP contribution in [0.1, 0.15) is 61.3 Å². The molecule has 1 aliphatic heterocycles. The van der Waals surface area contributed by atoms with Gasteiger partial charge < -0.3 is 9.73 Å². The fourth-order valence-electron chi connectivity index (χ4n) is 4.81. The predicted octanol–water partition coefficient (Wildman–Crippen LogP) is 4.33. The molecule has 0 spiro atoms. The highest BCUT2D eigenvalue weighted by atomic mass is 16.4. The second-order valence-electron chi connectivity index (χ2n) is 8.57. The maximum absolute atomic E-state index is 12.5. The molecular formula is C25H25N3O4. The van der Waals surface area contributed by atoms with Crippen LogP contribution < -0.4 is 11.1 Å². The van der Waals surface area contributed by atoms with E-state index in [0.29, 0.717) is 29.7 Å². The number of oxazole rings is 1. The minimum atomic E-state index is -0.317. The average Bonchev–Trinajstić information content (AvgIpc) is 3.14. The maximum Gasteiger partial charge on any atom is 0.420 e. The number of amides is 1. The molecule has 5 rings (SSSR count). The van der Waals surface area contributed by atoms with Crippen molar-refractivity contribution in [3.8, 4) is 0 Å². The third-order valence-corrected chi connectivity index (χ3v) is 6.43. The van der Waals surface area contributed by atoms with Crippen molar-refractivity contribution in [2.24, 2.45) is 4.99 Å². The first-order valence-corrected chi connectivity index (χ1v) is 11.2. The van der Waals surface area contributed by atoms with Gasteiger partial charge in [-0.25, -0.2) is 4.79 Å². The van der Waals surface area contributed by atoms with Crippen molar-refractivity contribution in [2.45, 2.75) is 57.0 Å². The predicted molar refractivity (Wildman–Crippen MR) is 122 cm³/mol. The third-order valence-electron chi connectivity index (χ3n) is 6.43. The van der Waals surface area contributed by atoms with E-state index >= 15 is 0 Å². The lowest BCUT2D eigenvalue weighted by molar-refractivity contribution is -0.121. The van der Waals surface area contributed by atoms with Crippen molar-refractivity contribution in [2.75, 3.05) is 0 Å². The van der Waals surface area contributed by atoms with Gasteiger partial charge in [-0.2, -0.15) is 0 Å². The number of ketones is 1. The number of nitrogens with one attached hydrogen (secondary N) is 1. The molecule has 1 amide bonds. The summed E-state index contributed by atoms with van der Waals surface area (Å²) in [6.07, 6.45) is 4.34. The van der Waals surface area contributed by atoms with Crippen LogP contribution in [-0.2, 0) is 4.79 Å². The maximum atomic E-state index is 12.5. The molecule has 7 heteroatoms. The zero-order valence-corrected chi connectivity index (χ0v) is 17.8. The lowest BCUT2D eigenvalue weighted by Gasteiger charge is -2.29. The highest BCUT2D eigenvalue weighted by Crippen LogP contribution is 2.30. The summed E-state index contributed by atoms with van der Waals surface area (Å²) in [5, 5.41) is 3.12. The molecule has 164 valence electrons. The number of Topliss-reactive ketones (excluding diaryl/α,β-unsaturated/α-hetero) is 1. The number of fused-ring (bicyclic) bond motifs is 2. The molecule has 2 aliphatic rings. The summed E-state index contributed by atoms with van der Waals surface area (Å²) < 4.78 is 7.12. The van der Waals surface area contributed by atoms with Gasteiger partial charge in [0.2, 0.25) is 5.91 Å². The van der Waals surface area contributed by atoms with E-state index in [2.05, 4.69) is 10.3 Å². The smallest absolute Gasteiger partial charge is 0.408 e. The number of para-hydroxylation sites is 3. The quantitative estimate of drug-likeness (QED) is 0.650. The third kappa shape index (κ3) is 4.02. The van der Waals surface area contributed by atoms with Gasteiger partial charge in [-0.3, -0.25) is 19.1 Å². The van der Waals surface area contributed by atoms with Gasteiger partial charge in [-0.15, -0.1) is 0 Å². The number of hydrogen-bond acceptors (Lipinski definition) is 5. The first-order valence-electron chi connectivity index (χ1n) is 11.2. The average molecular weight is 431 g/mol. The van der Waals surface area contributed by atoms with Gasteiger partial charge >= 0.3 is 5.76 Å². The fourth-order valence-corrected chi connectivity index (χ4v) is 4.81. The van der Waals surface area contributed by atoms with Gasteiger partial charge in [-0.05, 0) is 56.4 Å². The Bertz CT molecular complexity index is 1260. The lowest BCUT2D eigenvalue weighted by atomic mass is 9.90. The molecule has 2 aromatic carbocycles. The Morgan fingerprint density at radius 1 is 1.03 bits per heavy atom. The van der Waals surface area contributed by atoms with E-state index in [-0.39, 0.29) is 36.0 Å². The van der Waals surface area contributed by atoms with E-state index in [0.717, 1.165) is 36.9 Å². The summed E-state index contributed by atoms with van der Waals surface area (Å²) in [6, 6.07) is 15.0. The van der Waals surface area contributed by atoms with Gasteiger partial charge in [-0.1, -0.05) is 24.3 Å². The number of aliphatic imine (C=N–C) groups is 1. The van der Waals surface area contributed by atoms with Crippen LogP contribution in [0, 0.1) is 0 Å². The molecule has 0 atom stereocenters. The number of benzene rings is 2. The standard InChI is InChI=1S/C25H25N3O4/c29-22-15-17(26-20-6-2-1-5-19(20)22)11-14-24(30)27-16-9-12-18(13-10-16)28-21-7-3-4-8-23(21)32-25(28)31/h1-8,16,18H,9-15H2,(H,27,30). The number of rotatable bonds is 5. The first kappa shape index (κ1) is 20.4. The van der Waals surface area contributed by atoms with Gasteiger partial charge in [0.15, 0.2) is 11.4 Å². The van der Waals surface area contributed by atoms with Crippen molar-refractivity contribution in [1.29, 1.82) is 0 Å². The molecule has 0 bridgehead atoms. The molecule has 0 unspecified atom stereocenters. The molecule has 1 fully saturated rings. The van der Waals surface area contributed by atoms with Crippen molar-refractivity contribution in [1.82, 2.24) is 9.88 Å². The van der Waals surface area contributed by atoms with Crippen molar-refractivity contribution >= 4 is 34.2 Å². The number of nitrogens with zero attached hydrogens (tertiary/aromatic N) is 2. The minimum Gasteiger partial charge on any atom is -0.408 e. The van der Waals surface area contributed by atoms with Gasteiger partial charge in [0.1, 0.15) is 0 Å². The van der Waals surface area contributed by atoms with Crippen LogP contribution in [0.5, 0.6) is 0 Å². The van der Waals surface area contributed by atoms with Gasteiger partial charge in [0, 0.05) is 36.2 Å². The Morgan fingerprint density at radius 2 is 1.78 bits per heavy atom. The monoisotopic (exact) mass is 431 g/mol. The first-order chi connectivity index (χ1) is 15.6. The number of carbonyl (C=O) groups excluding carboxylic acids is 2. The molecule has 32 heavy (non-hydrogen) atoms. The van der Waals surface area contributed by atoms with E-state index in [9.17, 15) is 14.4 Å². The zero-order valence-electron chi connectivity index (χ0n) is 17.8. The molecule has 2 heterocycles. The molecule has 3 aromatic rings. The van der Waals surface area contributed by atoms with Crippen LogP contribution in [-0.4, -0.2) is 28.0 Å². The Labute approximate surface area is 185 Å². The number of aromatic nitrogens is 1. The molecule has 7 nitrogen and oxygen atoms in total. The van der Waals surface area contributed by atoms with Crippen molar-refractivity contribution < 1.29 is 14.0 Å². The van der Waals surface area contributed by atoms with Crippen LogP contribution in [0.2, 0.25) is 0 Å². The number of hydrogen-bond donors (Lipinski definition) is 1. The van der Waals surface area contributed by atoms with Crippen LogP contribution in [0.15, 0.2) is 62.7 Å². The Kier molecular flexibility index (Phi) is 5.47. The van der Waals surface area contributed by atoms with E-state index in [1.54, 1.807) is 10.6 Å². The molecule has 1 N–H and O–H groups in total. The van der Waals surface area contributed by atoms with E-state index in [1.807, 2.05) is 42.5 Å². The van der Waals surface area contributed by atoms with Crippen LogP contribution in [0.25, 0.3) is 11.1 Å². The molecule has 1 saturated carbocycles. The summed E-state index contributed by atoms with van der Waals surface area (Å²) >= 11 is 0. The van der Waals surface area contributed by atoms with Crippen LogP contribution in [0.4, 0.5) is 5.69 Å². The lowest BCUT2D eigenvalue weighted by Crippen LogP contribution is -2.39. The minimum absolute atomic E-state index is 0.0200. The molecular weight excluding hydrogens is 406 g/mol. The molecule has 0 saturated heterocycles. The summed E-state index contributed by atoms with van der Waals surface area (Å²) in [5.74, 6) is -0.275. The largest absolute Gasteiger partial charge is 0.420 e. The molecule has 1 aromatic heterocycles. The second-order valence-corrected chi connectivity index (χ2v) is 8.57. The number of carbonyl (C=O) groups is 2. The van der Waals surface area contributed by atoms with Gasteiger partial charge in [0.25, 0.3) is 0 Å². The Balaban J connectivity index is 1.14. The summed E-state index contributed by atoms with van der Waals surface area (Å²) in [5.41, 5.74) is 3.55. The Morgan fingerprint density at radius 3 is 2.62 bits per heavy atom. The summed E-state index contributed by atoms with van der Waals surface area (Å²) in [6.45, 7) is 0. The topological polar surface area (TPSA) is 93.7 Å². The second kappa shape index (κ2) is 8.57. The summed E-state index contributed by atoms with van der Waals surface area (Å²) in [7, 11) is 0. The summed E-state index contributed by atoms with van der Waals surface area (Å²) in [4.78, 5) is 41.7. The normalized spacial score (nSPS) is 20.6. The molecule has 0 radical (unpaired) electrons. The van der Waals surface area contributed by atoms with Crippen molar-refractivity contribution in [3.63, 3.8) is 0 Å². The molecule has 1 aliphatic carbocycles. The van der Waals surface area contributed by atoms with E-state index < -0.39 is 0 Å². The highest BCUT2D eigenvalue weighted by Gasteiger charge is 2.27. The highest BCUT2D eigenvalue weighted by molar-refractivity contribution is 6.16. The zero-order chi connectivity index (χ0) is 22.1. The fraction of sp³-hybridized carbons (Fsp3) is 0.360. The van der Waals surface area contributed by atoms with Crippen LogP contribution >= 0.6 is 0 Å². The van der Waals surface area contributed by atoms with E-state index in [1.165, 1.54) is 0 Å². The Hall–Kier alpha value is -3.48. The SMILES string of the molecule is O=C(CCC1=Nc2ccccc2C(=O)C1)NC1CCC(n2c(=O)oc3ccccc32)CC1. The van der Waals surface area contributed by atoms with Gasteiger partial charge in [0.05, 0.1) is 11.2 Å².